The van der Waals surface area contributed by atoms with Crippen molar-refractivity contribution in [2.45, 2.75) is 39.2 Å². The Morgan fingerprint density at radius 2 is 2.29 bits per heavy atom. The van der Waals surface area contributed by atoms with Crippen molar-refractivity contribution >= 4 is 5.97 Å². The first-order valence-electron chi connectivity index (χ1n) is 5.80. The minimum atomic E-state index is -0.328. The maximum atomic E-state index is 10.9. The van der Waals surface area contributed by atoms with Crippen molar-refractivity contribution in [1.29, 1.82) is 0 Å². The first-order valence-corrected chi connectivity index (χ1v) is 5.80. The number of carbonyl (C=O) groups excluding carboxylic acids is 1. The fraction of sp³-hybridized carbons (Fsp3) is 0.750. The molecule has 0 heterocycles. The minimum absolute atomic E-state index is 0.0261. The SMILES string of the molecule is C=CC1(C)CC(OC(C)=O)CCC1C[N+](=O)[O-]. The van der Waals surface area contributed by atoms with Gasteiger partial charge in [-0.3, -0.25) is 14.9 Å². The fourth-order valence-electron chi connectivity index (χ4n) is 2.54. The summed E-state index contributed by atoms with van der Waals surface area (Å²) in [5, 5.41) is 10.6. The summed E-state index contributed by atoms with van der Waals surface area (Å²) >= 11 is 0. The minimum Gasteiger partial charge on any atom is -0.463 e. The molecular formula is C12H19NO4. The maximum absolute atomic E-state index is 10.9. The average molecular weight is 241 g/mol. The van der Waals surface area contributed by atoms with E-state index in [-0.39, 0.29) is 34.9 Å². The first-order chi connectivity index (χ1) is 7.87. The molecule has 5 nitrogen and oxygen atoms in total. The van der Waals surface area contributed by atoms with Crippen LogP contribution in [-0.4, -0.2) is 23.5 Å². The monoisotopic (exact) mass is 241 g/mol. The zero-order valence-corrected chi connectivity index (χ0v) is 10.3. The lowest BCUT2D eigenvalue weighted by Gasteiger charge is -2.40. The molecule has 1 fully saturated rings. The van der Waals surface area contributed by atoms with Crippen LogP contribution < -0.4 is 0 Å². The summed E-state index contributed by atoms with van der Waals surface area (Å²) in [6, 6.07) is 0. The Bertz CT molecular complexity index is 328. The Morgan fingerprint density at radius 1 is 1.65 bits per heavy atom. The summed E-state index contributed by atoms with van der Waals surface area (Å²) in [4.78, 5) is 21.3. The Labute approximate surface area is 101 Å². The molecule has 0 spiro atoms. The largest absolute Gasteiger partial charge is 0.463 e. The van der Waals surface area contributed by atoms with Crippen molar-refractivity contribution in [3.8, 4) is 0 Å². The molecular weight excluding hydrogens is 222 g/mol. The molecule has 17 heavy (non-hydrogen) atoms. The molecule has 3 atom stereocenters. The second kappa shape index (κ2) is 5.29. The van der Waals surface area contributed by atoms with Crippen LogP contribution in [0.15, 0.2) is 12.7 Å². The number of esters is 1. The van der Waals surface area contributed by atoms with Gasteiger partial charge in [-0.1, -0.05) is 13.0 Å². The maximum Gasteiger partial charge on any atom is 0.302 e. The number of rotatable bonds is 4. The zero-order valence-electron chi connectivity index (χ0n) is 10.3. The van der Waals surface area contributed by atoms with Crippen LogP contribution in [-0.2, 0) is 9.53 Å². The van der Waals surface area contributed by atoms with E-state index in [4.69, 9.17) is 4.74 Å². The summed E-state index contributed by atoms with van der Waals surface area (Å²) in [6.07, 6.45) is 3.63. The smallest absolute Gasteiger partial charge is 0.302 e. The van der Waals surface area contributed by atoms with Gasteiger partial charge in [0.2, 0.25) is 6.54 Å². The van der Waals surface area contributed by atoms with Gasteiger partial charge in [0.15, 0.2) is 0 Å². The van der Waals surface area contributed by atoms with E-state index < -0.39 is 0 Å². The van der Waals surface area contributed by atoms with Gasteiger partial charge in [0.05, 0.1) is 0 Å². The number of hydrogen-bond donors (Lipinski definition) is 0. The van der Waals surface area contributed by atoms with Crippen molar-refractivity contribution in [3.05, 3.63) is 22.8 Å². The molecule has 0 N–H and O–H groups in total. The lowest BCUT2D eigenvalue weighted by atomic mass is 9.66. The molecule has 0 amide bonds. The summed E-state index contributed by atoms with van der Waals surface area (Å²) in [5.41, 5.74) is -0.328. The van der Waals surface area contributed by atoms with Gasteiger partial charge >= 0.3 is 5.97 Å². The molecule has 1 saturated carbocycles. The third-order valence-electron chi connectivity index (χ3n) is 3.61. The first kappa shape index (κ1) is 13.7. The summed E-state index contributed by atoms with van der Waals surface area (Å²) in [6.45, 7) is 7.05. The van der Waals surface area contributed by atoms with E-state index in [9.17, 15) is 14.9 Å². The van der Waals surface area contributed by atoms with Gasteiger partial charge in [0.25, 0.3) is 0 Å². The molecule has 0 aromatic heterocycles. The van der Waals surface area contributed by atoms with Crippen molar-refractivity contribution in [1.82, 2.24) is 0 Å². The molecule has 3 unspecified atom stereocenters. The Hall–Kier alpha value is -1.39. The molecule has 0 aromatic rings. The molecule has 1 rings (SSSR count). The molecule has 1 aliphatic rings. The number of carbonyl (C=O) groups is 1. The molecule has 5 heteroatoms. The van der Waals surface area contributed by atoms with Crippen LogP contribution in [0.4, 0.5) is 0 Å². The lowest BCUT2D eigenvalue weighted by Crippen LogP contribution is -2.40. The van der Waals surface area contributed by atoms with Crippen LogP contribution in [0.1, 0.15) is 33.1 Å². The third kappa shape index (κ3) is 3.54. The van der Waals surface area contributed by atoms with E-state index in [1.165, 1.54) is 6.92 Å². The molecule has 0 aromatic carbocycles. The van der Waals surface area contributed by atoms with Gasteiger partial charge in [-0.25, -0.2) is 0 Å². The highest BCUT2D eigenvalue weighted by Crippen LogP contribution is 2.43. The van der Waals surface area contributed by atoms with E-state index in [1.807, 2.05) is 6.92 Å². The van der Waals surface area contributed by atoms with E-state index in [2.05, 4.69) is 6.58 Å². The highest BCUT2D eigenvalue weighted by Gasteiger charge is 2.41. The lowest BCUT2D eigenvalue weighted by molar-refractivity contribution is -0.492. The number of allylic oxidation sites excluding steroid dienone is 1. The third-order valence-corrected chi connectivity index (χ3v) is 3.61. The highest BCUT2D eigenvalue weighted by atomic mass is 16.6. The van der Waals surface area contributed by atoms with E-state index in [1.54, 1.807) is 6.08 Å². The van der Waals surface area contributed by atoms with Crippen LogP contribution in [0.3, 0.4) is 0 Å². The standard InChI is InChI=1S/C12H19NO4/c1-4-12(3)7-11(17-9(2)14)6-5-10(12)8-13(15)16/h4,10-11H,1,5-8H2,2-3H3. The van der Waals surface area contributed by atoms with Gasteiger partial charge in [-0.2, -0.15) is 0 Å². The molecule has 96 valence electrons. The summed E-state index contributed by atoms with van der Waals surface area (Å²) < 4.78 is 5.19. The summed E-state index contributed by atoms with van der Waals surface area (Å²) in [5.74, 6) is -0.323. The van der Waals surface area contributed by atoms with Crippen LogP contribution in [0.2, 0.25) is 0 Å². The molecule has 0 saturated heterocycles. The number of hydrogen-bond acceptors (Lipinski definition) is 4. The zero-order chi connectivity index (χ0) is 13.1. The number of ether oxygens (including phenoxy) is 1. The Morgan fingerprint density at radius 3 is 2.76 bits per heavy atom. The quantitative estimate of drug-likeness (QED) is 0.327. The van der Waals surface area contributed by atoms with Crippen molar-refractivity contribution in [2.75, 3.05) is 6.54 Å². The van der Waals surface area contributed by atoms with Crippen molar-refractivity contribution < 1.29 is 14.5 Å². The Kier molecular flexibility index (Phi) is 4.26. The van der Waals surface area contributed by atoms with Crippen LogP contribution in [0, 0.1) is 21.4 Å². The highest BCUT2D eigenvalue weighted by molar-refractivity contribution is 5.66. The van der Waals surface area contributed by atoms with Gasteiger partial charge in [0, 0.05) is 17.8 Å². The summed E-state index contributed by atoms with van der Waals surface area (Å²) in [7, 11) is 0. The predicted molar refractivity (Wildman–Crippen MR) is 63.1 cm³/mol. The molecule has 0 aliphatic heterocycles. The second-order valence-electron chi connectivity index (χ2n) is 4.94. The average Bonchev–Trinajstić information content (AvgIpc) is 2.21. The molecule has 0 bridgehead atoms. The van der Waals surface area contributed by atoms with Gasteiger partial charge in [-0.15, -0.1) is 6.58 Å². The normalized spacial score (nSPS) is 32.8. The van der Waals surface area contributed by atoms with Crippen LogP contribution in [0.5, 0.6) is 0 Å². The topological polar surface area (TPSA) is 69.4 Å². The van der Waals surface area contributed by atoms with Crippen molar-refractivity contribution in [3.63, 3.8) is 0 Å². The van der Waals surface area contributed by atoms with Crippen LogP contribution >= 0.6 is 0 Å². The van der Waals surface area contributed by atoms with Gasteiger partial charge in [0.1, 0.15) is 6.10 Å². The van der Waals surface area contributed by atoms with Crippen molar-refractivity contribution in [2.24, 2.45) is 11.3 Å². The van der Waals surface area contributed by atoms with E-state index >= 15 is 0 Å². The number of nitro groups is 1. The van der Waals surface area contributed by atoms with Crippen LogP contribution in [0.25, 0.3) is 0 Å². The van der Waals surface area contributed by atoms with Gasteiger partial charge in [-0.05, 0) is 24.7 Å². The molecule has 0 radical (unpaired) electrons. The predicted octanol–water partition coefficient (Wildman–Crippen LogP) is 2.19. The van der Waals surface area contributed by atoms with E-state index in [0.29, 0.717) is 19.3 Å². The second-order valence-corrected chi connectivity index (χ2v) is 4.94. The van der Waals surface area contributed by atoms with E-state index in [0.717, 1.165) is 0 Å². The number of nitrogens with zero attached hydrogens (tertiary/aromatic N) is 1. The Balaban J connectivity index is 2.71. The fourth-order valence-corrected chi connectivity index (χ4v) is 2.54. The molecule has 1 aliphatic carbocycles. The van der Waals surface area contributed by atoms with Gasteiger partial charge < -0.3 is 4.74 Å².